The van der Waals surface area contributed by atoms with Crippen molar-refractivity contribution in [2.45, 2.75) is 45.1 Å². The number of benzene rings is 1. The minimum absolute atomic E-state index is 0.0960. The second kappa shape index (κ2) is 5.71. The molecule has 0 saturated carbocycles. The predicted molar refractivity (Wildman–Crippen MR) is 72.5 cm³/mol. The molecule has 1 unspecified atom stereocenters. The highest BCUT2D eigenvalue weighted by atomic mass is 32.2. The van der Waals surface area contributed by atoms with E-state index in [9.17, 15) is 8.42 Å². The molecule has 1 rings (SSSR count). The molecule has 4 nitrogen and oxygen atoms in total. The number of rotatable bonds is 5. The lowest BCUT2D eigenvalue weighted by Crippen LogP contribution is -2.32. The van der Waals surface area contributed by atoms with Gasteiger partial charge in [-0.1, -0.05) is 6.92 Å². The van der Waals surface area contributed by atoms with Crippen LogP contribution in [-0.2, 0) is 10.0 Å². The molecule has 0 aliphatic rings. The molecular weight excluding hydrogens is 250 g/mol. The number of hydrogen-bond donors (Lipinski definition) is 1. The first kappa shape index (κ1) is 15.0. The van der Waals surface area contributed by atoms with Gasteiger partial charge < -0.3 is 4.74 Å². The first-order chi connectivity index (χ1) is 8.31. The van der Waals surface area contributed by atoms with E-state index in [0.717, 1.165) is 17.5 Å². The molecule has 1 aromatic rings. The maximum Gasteiger partial charge on any atom is 0.244 e. The van der Waals surface area contributed by atoms with E-state index in [1.54, 1.807) is 12.1 Å². The summed E-state index contributed by atoms with van der Waals surface area (Å²) in [6.07, 6.45) is 0.742. The summed E-state index contributed by atoms with van der Waals surface area (Å²) in [6.45, 7) is 7.59. The highest BCUT2D eigenvalue weighted by Gasteiger charge is 2.21. The number of sulfonamides is 1. The Bertz CT molecular complexity index is 523. The van der Waals surface area contributed by atoms with Gasteiger partial charge in [0, 0.05) is 6.04 Å². The summed E-state index contributed by atoms with van der Waals surface area (Å²) in [6, 6.07) is 3.31. The Balaban J connectivity index is 3.27. The molecule has 0 radical (unpaired) electrons. The third-order valence-corrected chi connectivity index (χ3v) is 4.65. The minimum Gasteiger partial charge on any atom is -0.495 e. The Morgan fingerprint density at radius 2 is 1.83 bits per heavy atom. The zero-order valence-corrected chi connectivity index (χ0v) is 12.4. The molecular formula is C13H21NO3S. The van der Waals surface area contributed by atoms with Gasteiger partial charge in [0.25, 0.3) is 0 Å². The van der Waals surface area contributed by atoms with Gasteiger partial charge in [-0.25, -0.2) is 13.1 Å². The Morgan fingerprint density at radius 1 is 1.28 bits per heavy atom. The van der Waals surface area contributed by atoms with Crippen LogP contribution in [0.1, 0.15) is 31.4 Å². The first-order valence-electron chi connectivity index (χ1n) is 5.99. The van der Waals surface area contributed by atoms with Crippen LogP contribution in [0.5, 0.6) is 5.75 Å². The molecule has 0 aromatic heterocycles. The second-order valence-electron chi connectivity index (χ2n) is 4.52. The SMILES string of the molecule is CCC(C)NS(=O)(=O)c1cc(C)c(C)cc1OC. The Labute approximate surface area is 109 Å². The van der Waals surface area contributed by atoms with Gasteiger partial charge in [0.1, 0.15) is 10.6 Å². The Morgan fingerprint density at radius 3 is 2.33 bits per heavy atom. The molecule has 102 valence electrons. The van der Waals surface area contributed by atoms with Gasteiger partial charge in [-0.3, -0.25) is 0 Å². The highest BCUT2D eigenvalue weighted by molar-refractivity contribution is 7.89. The normalized spacial score (nSPS) is 13.4. The predicted octanol–water partition coefficient (Wildman–Crippen LogP) is 2.39. The molecule has 0 heterocycles. The largest absolute Gasteiger partial charge is 0.495 e. The zero-order chi connectivity index (χ0) is 13.9. The van der Waals surface area contributed by atoms with Crippen molar-refractivity contribution in [1.82, 2.24) is 4.72 Å². The minimum atomic E-state index is -3.53. The Hall–Kier alpha value is -1.07. The maximum atomic E-state index is 12.3. The molecule has 0 spiro atoms. The average molecular weight is 271 g/mol. The maximum absolute atomic E-state index is 12.3. The van der Waals surface area contributed by atoms with Crippen molar-refractivity contribution in [2.24, 2.45) is 0 Å². The number of methoxy groups -OCH3 is 1. The summed E-state index contributed by atoms with van der Waals surface area (Å²) in [7, 11) is -2.05. The van der Waals surface area contributed by atoms with Crippen molar-refractivity contribution in [2.75, 3.05) is 7.11 Å². The lowest BCUT2D eigenvalue weighted by Gasteiger charge is -2.16. The molecule has 5 heteroatoms. The fraction of sp³-hybridized carbons (Fsp3) is 0.538. The van der Waals surface area contributed by atoms with Gasteiger partial charge in [-0.15, -0.1) is 0 Å². The van der Waals surface area contributed by atoms with E-state index >= 15 is 0 Å². The van der Waals surface area contributed by atoms with Gasteiger partial charge in [-0.05, 0) is 50.5 Å². The topological polar surface area (TPSA) is 55.4 Å². The second-order valence-corrected chi connectivity index (χ2v) is 6.20. The van der Waals surface area contributed by atoms with Gasteiger partial charge in [0.05, 0.1) is 7.11 Å². The summed E-state index contributed by atoms with van der Waals surface area (Å²) in [5.74, 6) is 0.383. The van der Waals surface area contributed by atoms with Crippen LogP contribution in [0.2, 0.25) is 0 Å². The van der Waals surface area contributed by atoms with Crippen LogP contribution in [0.3, 0.4) is 0 Å². The van der Waals surface area contributed by atoms with Crippen molar-refractivity contribution in [3.05, 3.63) is 23.3 Å². The molecule has 0 aliphatic heterocycles. The van der Waals surface area contributed by atoms with Crippen LogP contribution in [0.15, 0.2) is 17.0 Å². The summed E-state index contributed by atoms with van der Waals surface area (Å²) in [5, 5.41) is 0. The fourth-order valence-electron chi connectivity index (χ4n) is 1.54. The zero-order valence-electron chi connectivity index (χ0n) is 11.6. The van der Waals surface area contributed by atoms with E-state index < -0.39 is 10.0 Å². The fourth-order valence-corrected chi connectivity index (χ4v) is 3.11. The summed E-state index contributed by atoms with van der Waals surface area (Å²) in [5.41, 5.74) is 1.94. The van der Waals surface area contributed by atoms with Gasteiger partial charge >= 0.3 is 0 Å². The van der Waals surface area contributed by atoms with Gasteiger partial charge in [-0.2, -0.15) is 0 Å². The number of aryl methyl sites for hydroxylation is 2. The summed E-state index contributed by atoms with van der Waals surface area (Å²) in [4.78, 5) is 0.202. The van der Waals surface area contributed by atoms with Gasteiger partial charge in [0.15, 0.2) is 0 Å². The molecule has 0 fully saturated rings. The number of nitrogens with one attached hydrogen (secondary N) is 1. The van der Waals surface area contributed by atoms with E-state index in [0.29, 0.717) is 5.75 Å². The van der Waals surface area contributed by atoms with E-state index in [1.165, 1.54) is 7.11 Å². The van der Waals surface area contributed by atoms with E-state index in [2.05, 4.69) is 4.72 Å². The third kappa shape index (κ3) is 3.23. The number of ether oxygens (including phenoxy) is 1. The van der Waals surface area contributed by atoms with Crippen molar-refractivity contribution in [1.29, 1.82) is 0 Å². The smallest absolute Gasteiger partial charge is 0.244 e. The van der Waals surface area contributed by atoms with Crippen molar-refractivity contribution in [3.63, 3.8) is 0 Å². The van der Waals surface area contributed by atoms with Gasteiger partial charge in [0.2, 0.25) is 10.0 Å². The van der Waals surface area contributed by atoms with Crippen LogP contribution in [0.4, 0.5) is 0 Å². The van der Waals surface area contributed by atoms with E-state index in [-0.39, 0.29) is 10.9 Å². The van der Waals surface area contributed by atoms with Crippen LogP contribution >= 0.6 is 0 Å². The molecule has 1 N–H and O–H groups in total. The van der Waals surface area contributed by atoms with Crippen LogP contribution in [0.25, 0.3) is 0 Å². The van der Waals surface area contributed by atoms with Crippen molar-refractivity contribution < 1.29 is 13.2 Å². The van der Waals surface area contributed by atoms with E-state index in [4.69, 9.17) is 4.74 Å². The number of hydrogen-bond acceptors (Lipinski definition) is 3. The van der Waals surface area contributed by atoms with Crippen LogP contribution < -0.4 is 9.46 Å². The average Bonchev–Trinajstić information content (AvgIpc) is 2.31. The lowest BCUT2D eigenvalue weighted by atomic mass is 10.1. The Kier molecular flexibility index (Phi) is 4.76. The highest BCUT2D eigenvalue weighted by Crippen LogP contribution is 2.27. The summed E-state index contributed by atoms with van der Waals surface area (Å²) < 4.78 is 32.3. The monoisotopic (exact) mass is 271 g/mol. The molecule has 18 heavy (non-hydrogen) atoms. The molecule has 1 aromatic carbocycles. The molecule has 0 bridgehead atoms. The lowest BCUT2D eigenvalue weighted by molar-refractivity contribution is 0.401. The molecule has 1 atom stereocenters. The first-order valence-corrected chi connectivity index (χ1v) is 7.47. The standard InChI is InChI=1S/C13H21NO3S/c1-6-11(4)14-18(15,16)13-8-10(3)9(2)7-12(13)17-5/h7-8,11,14H,6H2,1-5H3. The molecule has 0 amide bonds. The molecule has 0 saturated heterocycles. The van der Waals surface area contributed by atoms with E-state index in [1.807, 2.05) is 27.7 Å². The molecule has 0 aliphatic carbocycles. The summed E-state index contributed by atoms with van der Waals surface area (Å²) >= 11 is 0. The quantitative estimate of drug-likeness (QED) is 0.894. The van der Waals surface area contributed by atoms with Crippen LogP contribution in [-0.4, -0.2) is 21.6 Å². The van der Waals surface area contributed by atoms with Crippen molar-refractivity contribution >= 4 is 10.0 Å². The van der Waals surface area contributed by atoms with Crippen LogP contribution in [0, 0.1) is 13.8 Å². The van der Waals surface area contributed by atoms with Crippen molar-refractivity contribution in [3.8, 4) is 5.75 Å². The third-order valence-electron chi connectivity index (χ3n) is 3.04.